The van der Waals surface area contributed by atoms with E-state index in [0.717, 1.165) is 5.39 Å². The highest BCUT2D eigenvalue weighted by Crippen LogP contribution is 2.41. The number of hydrogen-bond donors (Lipinski definition) is 2. The lowest BCUT2D eigenvalue weighted by Gasteiger charge is -2.15. The zero-order valence-electron chi connectivity index (χ0n) is 18.7. The summed E-state index contributed by atoms with van der Waals surface area (Å²) in [7, 11) is 1.50. The predicted octanol–water partition coefficient (Wildman–Crippen LogP) is 4.26. The number of fused-ring (bicyclic) bond motifs is 2. The summed E-state index contributed by atoms with van der Waals surface area (Å²) in [6.07, 6.45) is 0. The number of aliphatic carboxylic acids is 1. The van der Waals surface area contributed by atoms with Crippen LogP contribution in [0, 0.1) is 0 Å². The molecule has 2 N–H and O–H groups in total. The summed E-state index contributed by atoms with van der Waals surface area (Å²) in [5.74, 6) is -0.281. The number of nitrogens with zero attached hydrogens (tertiary/aromatic N) is 1. The first-order chi connectivity index (χ1) is 17.0. The van der Waals surface area contributed by atoms with Crippen LogP contribution >= 0.6 is 0 Å². The van der Waals surface area contributed by atoms with Gasteiger partial charge >= 0.3 is 11.9 Å². The molecule has 5 rings (SSSR count). The van der Waals surface area contributed by atoms with Crippen LogP contribution in [-0.2, 0) is 11.3 Å². The van der Waals surface area contributed by atoms with Crippen molar-refractivity contribution in [3.63, 3.8) is 0 Å². The van der Waals surface area contributed by atoms with Gasteiger partial charge in [-0.1, -0.05) is 24.3 Å². The number of para-hydroxylation sites is 1. The van der Waals surface area contributed by atoms with E-state index in [0.29, 0.717) is 45.2 Å². The van der Waals surface area contributed by atoms with Gasteiger partial charge < -0.3 is 33.7 Å². The van der Waals surface area contributed by atoms with Gasteiger partial charge in [0.1, 0.15) is 17.2 Å². The van der Waals surface area contributed by atoms with E-state index in [2.05, 4.69) is 0 Å². The summed E-state index contributed by atoms with van der Waals surface area (Å²) in [6, 6.07) is 17.8. The summed E-state index contributed by atoms with van der Waals surface area (Å²) < 4.78 is 23.3. The van der Waals surface area contributed by atoms with Gasteiger partial charge in [0.2, 0.25) is 6.79 Å². The third kappa shape index (κ3) is 4.08. The lowest BCUT2D eigenvalue weighted by atomic mass is 10.0. The van der Waals surface area contributed by atoms with Crippen LogP contribution in [0.25, 0.3) is 22.0 Å². The van der Waals surface area contributed by atoms with Crippen molar-refractivity contribution in [3.8, 4) is 34.1 Å². The van der Waals surface area contributed by atoms with E-state index in [-0.39, 0.29) is 19.0 Å². The van der Waals surface area contributed by atoms with Crippen LogP contribution < -0.4 is 18.9 Å². The molecule has 9 nitrogen and oxygen atoms in total. The first-order valence-electron chi connectivity index (χ1n) is 10.7. The Labute approximate surface area is 199 Å². The maximum Gasteiger partial charge on any atom is 0.353 e. The second-order valence-electron chi connectivity index (χ2n) is 7.86. The largest absolute Gasteiger partial charge is 0.497 e. The average Bonchev–Trinajstić information content (AvgIpc) is 3.45. The molecule has 1 aromatic heterocycles. The first kappa shape index (κ1) is 22.1. The zero-order chi connectivity index (χ0) is 24.5. The number of carboxylic acids is 2. The summed E-state index contributed by atoms with van der Waals surface area (Å²) in [5, 5.41) is 20.1. The highest BCUT2D eigenvalue weighted by molar-refractivity contribution is 6.08. The highest BCUT2D eigenvalue weighted by atomic mass is 16.7. The van der Waals surface area contributed by atoms with Crippen molar-refractivity contribution < 1.29 is 38.7 Å². The van der Waals surface area contributed by atoms with E-state index in [1.807, 2.05) is 24.3 Å². The Morgan fingerprint density at radius 2 is 1.80 bits per heavy atom. The molecule has 0 fully saturated rings. The topological polar surface area (TPSA) is 116 Å². The van der Waals surface area contributed by atoms with Gasteiger partial charge in [-0.2, -0.15) is 0 Å². The fourth-order valence-electron chi connectivity index (χ4n) is 4.27. The van der Waals surface area contributed by atoms with Gasteiger partial charge in [0.25, 0.3) is 0 Å². The molecule has 0 atom stereocenters. The number of rotatable bonds is 8. The number of carboxylic acid groups (broad SMARTS) is 2. The summed E-state index contributed by atoms with van der Waals surface area (Å²) in [4.78, 5) is 23.7. The normalized spacial score (nSPS) is 12.0. The SMILES string of the molecule is COc1ccc(Cn2c(C(=O)O)c(-c3ccc4c(c3)OCO4)c3ccccc32)c(OCC(=O)O)c1. The molecule has 1 aliphatic heterocycles. The van der Waals surface area contributed by atoms with E-state index < -0.39 is 18.5 Å². The van der Waals surface area contributed by atoms with E-state index >= 15 is 0 Å². The van der Waals surface area contributed by atoms with Crippen molar-refractivity contribution in [2.24, 2.45) is 0 Å². The Hall–Kier alpha value is -4.66. The minimum absolute atomic E-state index is 0.0880. The van der Waals surface area contributed by atoms with Gasteiger partial charge in [-0.15, -0.1) is 0 Å². The second-order valence-corrected chi connectivity index (χ2v) is 7.86. The number of methoxy groups -OCH3 is 1. The molecular weight excluding hydrogens is 454 g/mol. The van der Waals surface area contributed by atoms with Crippen LogP contribution in [0.1, 0.15) is 16.1 Å². The quantitative estimate of drug-likeness (QED) is 0.388. The molecule has 0 aliphatic carbocycles. The van der Waals surface area contributed by atoms with Gasteiger partial charge in [0, 0.05) is 28.1 Å². The Balaban J connectivity index is 1.68. The monoisotopic (exact) mass is 475 g/mol. The molecule has 3 aromatic carbocycles. The zero-order valence-corrected chi connectivity index (χ0v) is 18.7. The molecule has 0 unspecified atom stereocenters. The van der Waals surface area contributed by atoms with Crippen LogP contribution in [-0.4, -0.2) is 47.2 Å². The van der Waals surface area contributed by atoms with Gasteiger partial charge in [-0.3, -0.25) is 0 Å². The molecule has 0 saturated carbocycles. The van der Waals surface area contributed by atoms with Gasteiger partial charge in [0.05, 0.1) is 13.7 Å². The first-order valence-corrected chi connectivity index (χ1v) is 10.7. The van der Waals surface area contributed by atoms with Crippen molar-refractivity contribution >= 4 is 22.8 Å². The number of ether oxygens (including phenoxy) is 4. The fraction of sp³-hybridized carbons (Fsp3) is 0.154. The molecule has 35 heavy (non-hydrogen) atoms. The molecule has 0 saturated heterocycles. The lowest BCUT2D eigenvalue weighted by Crippen LogP contribution is -2.14. The smallest absolute Gasteiger partial charge is 0.353 e. The number of benzene rings is 3. The van der Waals surface area contributed by atoms with E-state index in [9.17, 15) is 14.7 Å². The summed E-state index contributed by atoms with van der Waals surface area (Å²) in [5.41, 5.74) is 2.63. The minimum atomic E-state index is -1.12. The van der Waals surface area contributed by atoms with Crippen LogP contribution in [0.3, 0.4) is 0 Å². The number of aromatic carboxylic acids is 1. The van der Waals surface area contributed by atoms with Crippen molar-refractivity contribution in [2.75, 3.05) is 20.5 Å². The summed E-state index contributed by atoms with van der Waals surface area (Å²) in [6.45, 7) is -0.296. The van der Waals surface area contributed by atoms with Crippen molar-refractivity contribution in [1.82, 2.24) is 4.57 Å². The van der Waals surface area contributed by atoms with Crippen LogP contribution in [0.5, 0.6) is 23.0 Å². The minimum Gasteiger partial charge on any atom is -0.497 e. The molecule has 4 aromatic rings. The molecule has 1 aliphatic rings. The van der Waals surface area contributed by atoms with E-state index in [4.69, 9.17) is 24.1 Å². The van der Waals surface area contributed by atoms with E-state index in [1.54, 1.807) is 41.0 Å². The second kappa shape index (κ2) is 8.94. The van der Waals surface area contributed by atoms with Crippen molar-refractivity contribution in [3.05, 3.63) is 71.9 Å². The van der Waals surface area contributed by atoms with Gasteiger partial charge in [-0.05, 0) is 35.9 Å². The molecule has 0 spiro atoms. The lowest BCUT2D eigenvalue weighted by molar-refractivity contribution is -0.139. The molecule has 178 valence electrons. The van der Waals surface area contributed by atoms with Crippen LogP contribution in [0.4, 0.5) is 0 Å². The molecule has 2 heterocycles. The average molecular weight is 475 g/mol. The molecule has 0 radical (unpaired) electrons. The Morgan fingerprint density at radius 3 is 2.57 bits per heavy atom. The number of hydrogen-bond acceptors (Lipinski definition) is 6. The third-order valence-corrected chi connectivity index (χ3v) is 5.79. The summed E-state index contributed by atoms with van der Waals surface area (Å²) >= 11 is 0. The van der Waals surface area contributed by atoms with Gasteiger partial charge in [0.15, 0.2) is 18.1 Å². The maximum absolute atomic E-state index is 12.6. The van der Waals surface area contributed by atoms with Crippen molar-refractivity contribution in [1.29, 1.82) is 0 Å². The molecular formula is C26H21NO8. The fourth-order valence-corrected chi connectivity index (χ4v) is 4.27. The predicted molar refractivity (Wildman–Crippen MR) is 126 cm³/mol. The molecule has 0 bridgehead atoms. The van der Waals surface area contributed by atoms with Gasteiger partial charge in [-0.25, -0.2) is 9.59 Å². The van der Waals surface area contributed by atoms with Crippen LogP contribution in [0.15, 0.2) is 60.7 Å². The maximum atomic E-state index is 12.6. The number of aromatic nitrogens is 1. The molecule has 9 heteroatoms. The highest BCUT2D eigenvalue weighted by Gasteiger charge is 2.26. The Kier molecular flexibility index (Phi) is 5.66. The Bertz CT molecular complexity index is 1460. The van der Waals surface area contributed by atoms with Crippen LogP contribution in [0.2, 0.25) is 0 Å². The van der Waals surface area contributed by atoms with E-state index in [1.165, 1.54) is 7.11 Å². The Morgan fingerprint density at radius 1 is 1.00 bits per heavy atom. The third-order valence-electron chi connectivity index (χ3n) is 5.79. The number of carbonyl (C=O) groups is 2. The standard InChI is InChI=1S/C26H21NO8/c1-32-17-8-6-16(21(11-17)33-13-23(28)29)12-27-19-5-3-2-4-18(19)24(25(27)26(30)31)15-7-9-20-22(10-15)35-14-34-20/h2-11H,12-14H2,1H3,(H,28,29)(H,30,31). The molecule has 0 amide bonds. The van der Waals surface area contributed by atoms with Crippen molar-refractivity contribution in [2.45, 2.75) is 6.54 Å².